The summed E-state index contributed by atoms with van der Waals surface area (Å²) in [5, 5.41) is 7.06. The molecule has 1 aliphatic heterocycles. The zero-order valence-electron chi connectivity index (χ0n) is 15.4. The lowest BCUT2D eigenvalue weighted by atomic mass is 10.0. The molecule has 0 unspecified atom stereocenters. The Bertz CT molecular complexity index is 722. The Hall–Kier alpha value is -1.96. The average molecular weight is 374 g/mol. The third kappa shape index (κ3) is 4.60. The Morgan fingerprint density at radius 3 is 2.65 bits per heavy atom. The number of aromatic nitrogens is 1. The Kier molecular flexibility index (Phi) is 6.24. The van der Waals surface area contributed by atoms with Gasteiger partial charge in [0.15, 0.2) is 0 Å². The van der Waals surface area contributed by atoms with Crippen LogP contribution >= 0.6 is 11.5 Å². The molecule has 4 N–H and O–H groups in total. The van der Waals surface area contributed by atoms with Gasteiger partial charge >= 0.3 is 0 Å². The van der Waals surface area contributed by atoms with E-state index in [4.69, 9.17) is 5.73 Å². The van der Waals surface area contributed by atoms with E-state index >= 15 is 0 Å². The summed E-state index contributed by atoms with van der Waals surface area (Å²) < 4.78 is 4.25. The normalized spacial score (nSPS) is 15.9. The summed E-state index contributed by atoms with van der Waals surface area (Å²) in [5.41, 5.74) is 9.20. The van der Waals surface area contributed by atoms with Crippen molar-refractivity contribution in [3.63, 3.8) is 0 Å². The number of carbonyl (C=O) groups excluding carboxylic acids is 1. The Labute approximate surface area is 158 Å². The predicted molar refractivity (Wildman–Crippen MR) is 109 cm³/mol. The molecular formula is C19H27N5OS. The maximum atomic E-state index is 12.3. The molecule has 1 aromatic carbocycles. The van der Waals surface area contributed by atoms with Crippen LogP contribution in [0.1, 0.15) is 20.3 Å². The lowest BCUT2D eigenvalue weighted by Crippen LogP contribution is -2.43. The van der Waals surface area contributed by atoms with E-state index in [9.17, 15) is 4.79 Å². The van der Waals surface area contributed by atoms with Crippen LogP contribution in [0.15, 0.2) is 30.5 Å². The molecule has 0 radical (unpaired) electrons. The number of anilines is 2. The fourth-order valence-corrected chi connectivity index (χ4v) is 3.81. The molecule has 2 aromatic rings. The van der Waals surface area contributed by atoms with Gasteiger partial charge in [-0.1, -0.05) is 26.0 Å². The minimum atomic E-state index is -0.500. The molecule has 7 heteroatoms. The molecule has 2 heterocycles. The lowest BCUT2D eigenvalue weighted by Gasteiger charge is -2.29. The van der Waals surface area contributed by atoms with Gasteiger partial charge in [0.1, 0.15) is 5.00 Å². The Balaban J connectivity index is 1.70. The third-order valence-electron chi connectivity index (χ3n) is 4.53. The quantitative estimate of drug-likeness (QED) is 0.725. The highest BCUT2D eigenvalue weighted by atomic mass is 32.1. The largest absolute Gasteiger partial charge is 0.369 e. The van der Waals surface area contributed by atoms with E-state index in [1.54, 1.807) is 6.20 Å². The van der Waals surface area contributed by atoms with Crippen LogP contribution in [-0.2, 0) is 4.79 Å². The van der Waals surface area contributed by atoms with Gasteiger partial charge in [0.05, 0.1) is 12.2 Å². The molecule has 0 aliphatic carbocycles. The fraction of sp³-hybridized carbons (Fsp3) is 0.474. The highest BCUT2D eigenvalue weighted by Crippen LogP contribution is 2.32. The first-order valence-electron chi connectivity index (χ1n) is 9.12. The van der Waals surface area contributed by atoms with Gasteiger partial charge in [-0.3, -0.25) is 4.79 Å². The van der Waals surface area contributed by atoms with Crippen LogP contribution in [0, 0.1) is 5.92 Å². The van der Waals surface area contributed by atoms with Gasteiger partial charge in [-0.25, -0.2) is 0 Å². The van der Waals surface area contributed by atoms with Crippen LogP contribution in [0.25, 0.3) is 11.1 Å². The van der Waals surface area contributed by atoms with E-state index in [-0.39, 0.29) is 5.91 Å². The van der Waals surface area contributed by atoms with E-state index in [0.29, 0.717) is 12.3 Å². The first kappa shape index (κ1) is 18.8. The first-order chi connectivity index (χ1) is 12.5. The molecule has 1 aromatic heterocycles. The molecule has 1 fully saturated rings. The fourth-order valence-electron chi connectivity index (χ4n) is 3.13. The van der Waals surface area contributed by atoms with Gasteiger partial charge in [0.25, 0.3) is 0 Å². The van der Waals surface area contributed by atoms with Gasteiger partial charge in [-0.2, -0.15) is 4.37 Å². The number of hydrogen-bond donors (Lipinski definition) is 3. The van der Waals surface area contributed by atoms with Crippen molar-refractivity contribution in [3.05, 3.63) is 30.5 Å². The second kappa shape index (κ2) is 8.62. The van der Waals surface area contributed by atoms with Crippen LogP contribution in [0.4, 0.5) is 10.7 Å². The number of nitrogens with one attached hydrogen (secondary N) is 2. The number of rotatable bonds is 6. The highest BCUT2D eigenvalue weighted by molar-refractivity contribution is 7.11. The summed E-state index contributed by atoms with van der Waals surface area (Å²) in [6.45, 7) is 8.20. The molecule has 140 valence electrons. The molecule has 26 heavy (non-hydrogen) atoms. The number of benzene rings is 1. The number of piperazine rings is 1. The van der Waals surface area contributed by atoms with Crippen LogP contribution in [0.3, 0.4) is 0 Å². The topological polar surface area (TPSA) is 83.3 Å². The van der Waals surface area contributed by atoms with Crippen molar-refractivity contribution in [2.45, 2.75) is 26.3 Å². The van der Waals surface area contributed by atoms with Crippen LogP contribution in [0.5, 0.6) is 0 Å². The molecule has 6 nitrogen and oxygen atoms in total. The van der Waals surface area contributed by atoms with Crippen molar-refractivity contribution in [1.82, 2.24) is 9.69 Å². The molecule has 0 saturated carbocycles. The minimum absolute atomic E-state index is 0.151. The van der Waals surface area contributed by atoms with E-state index in [2.05, 4.69) is 58.0 Å². The number of nitrogens with zero attached hydrogens (tertiary/aromatic N) is 2. The van der Waals surface area contributed by atoms with Gasteiger partial charge < -0.3 is 21.3 Å². The summed E-state index contributed by atoms with van der Waals surface area (Å²) >= 11 is 1.29. The molecule has 0 bridgehead atoms. The number of amides is 1. The summed E-state index contributed by atoms with van der Waals surface area (Å²) in [6.07, 6.45) is 2.47. The number of nitrogens with two attached hydrogens (primary N) is 1. The highest BCUT2D eigenvalue weighted by Gasteiger charge is 2.18. The van der Waals surface area contributed by atoms with Gasteiger partial charge in [-0.15, -0.1) is 0 Å². The maximum Gasteiger partial charge on any atom is 0.241 e. The van der Waals surface area contributed by atoms with E-state index < -0.39 is 6.04 Å². The third-order valence-corrected chi connectivity index (χ3v) is 5.25. The van der Waals surface area contributed by atoms with E-state index in [0.717, 1.165) is 42.3 Å². The van der Waals surface area contributed by atoms with Gasteiger partial charge in [0, 0.05) is 37.4 Å². The minimum Gasteiger partial charge on any atom is -0.369 e. The Morgan fingerprint density at radius 1 is 1.31 bits per heavy atom. The van der Waals surface area contributed by atoms with Crippen LogP contribution in [-0.4, -0.2) is 42.5 Å². The van der Waals surface area contributed by atoms with Crippen molar-refractivity contribution < 1.29 is 4.79 Å². The summed E-state index contributed by atoms with van der Waals surface area (Å²) in [5.74, 6) is 0.232. The predicted octanol–water partition coefficient (Wildman–Crippen LogP) is 2.53. The second-order valence-corrected chi connectivity index (χ2v) is 7.88. The van der Waals surface area contributed by atoms with Crippen molar-refractivity contribution in [3.8, 4) is 11.1 Å². The summed E-state index contributed by atoms with van der Waals surface area (Å²) in [7, 11) is 0. The van der Waals surface area contributed by atoms with Crippen LogP contribution < -0.4 is 21.3 Å². The lowest BCUT2D eigenvalue weighted by molar-refractivity contribution is -0.117. The zero-order valence-corrected chi connectivity index (χ0v) is 16.2. The van der Waals surface area contributed by atoms with Crippen molar-refractivity contribution >= 4 is 28.1 Å². The average Bonchev–Trinajstić information content (AvgIpc) is 3.10. The van der Waals surface area contributed by atoms with Crippen LogP contribution in [0.2, 0.25) is 0 Å². The molecule has 3 rings (SSSR count). The van der Waals surface area contributed by atoms with E-state index in [1.165, 1.54) is 17.2 Å². The van der Waals surface area contributed by atoms with Crippen molar-refractivity contribution in [1.29, 1.82) is 0 Å². The van der Waals surface area contributed by atoms with Crippen molar-refractivity contribution in [2.24, 2.45) is 11.7 Å². The van der Waals surface area contributed by atoms with Crippen molar-refractivity contribution in [2.75, 3.05) is 36.4 Å². The standard InChI is InChI=1S/C19H27N5OS/c1-13(2)11-17(20)18(25)23-19-16(12-22-26-19)14-3-5-15(6-4-14)24-9-7-21-8-10-24/h3-6,12-13,17,21H,7-11,20H2,1-2H3,(H,23,25)/t17-/m0/s1. The molecule has 1 atom stereocenters. The smallest absolute Gasteiger partial charge is 0.241 e. The number of carbonyl (C=O) groups is 1. The molecular weight excluding hydrogens is 346 g/mol. The molecule has 1 aliphatic rings. The second-order valence-electron chi connectivity index (χ2n) is 7.08. The SMILES string of the molecule is CC(C)C[C@H](N)C(=O)Nc1sncc1-c1ccc(N2CCNCC2)cc1. The molecule has 0 spiro atoms. The van der Waals surface area contributed by atoms with Gasteiger partial charge in [-0.05, 0) is 41.6 Å². The zero-order chi connectivity index (χ0) is 18.5. The summed E-state index contributed by atoms with van der Waals surface area (Å²) in [4.78, 5) is 14.7. The molecule has 1 amide bonds. The summed E-state index contributed by atoms with van der Waals surface area (Å²) in [6, 6.07) is 7.94. The number of hydrogen-bond acceptors (Lipinski definition) is 6. The maximum absolute atomic E-state index is 12.3. The molecule has 1 saturated heterocycles. The Morgan fingerprint density at radius 2 is 2.00 bits per heavy atom. The van der Waals surface area contributed by atoms with E-state index in [1.807, 2.05) is 0 Å². The monoisotopic (exact) mass is 373 g/mol. The first-order valence-corrected chi connectivity index (χ1v) is 9.89. The van der Waals surface area contributed by atoms with Gasteiger partial charge in [0.2, 0.25) is 5.91 Å².